The van der Waals surface area contributed by atoms with Gasteiger partial charge >= 0.3 is 5.97 Å². The van der Waals surface area contributed by atoms with Crippen LogP contribution in [0, 0.1) is 20.8 Å². The van der Waals surface area contributed by atoms with E-state index in [0.29, 0.717) is 48.1 Å². The number of likely N-dealkylation sites (tertiary alicyclic amines) is 1. The van der Waals surface area contributed by atoms with Gasteiger partial charge in [0.15, 0.2) is 0 Å². The number of furan rings is 1. The molecule has 2 saturated heterocycles. The van der Waals surface area contributed by atoms with Crippen LogP contribution in [0.4, 0.5) is 0 Å². The molecule has 0 bridgehead atoms. The highest BCUT2D eigenvalue weighted by atomic mass is 16.5. The second-order valence-corrected chi connectivity index (χ2v) is 8.74. The Morgan fingerprint density at radius 3 is 2.51 bits per heavy atom. The van der Waals surface area contributed by atoms with Crippen molar-refractivity contribution in [3.05, 3.63) is 51.7 Å². The molecule has 4 rings (SSSR count). The molecule has 1 amide bonds. The van der Waals surface area contributed by atoms with Crippen molar-refractivity contribution in [2.45, 2.75) is 33.7 Å². The maximum Gasteiger partial charge on any atom is 0.355 e. The summed E-state index contributed by atoms with van der Waals surface area (Å²) in [5.41, 5.74) is 1.35. The fourth-order valence-electron chi connectivity index (χ4n) is 4.73. The molecular formula is C25H31N3O7. The number of carbonyl (C=O) groups is 3. The number of carbonyl (C=O) groups excluding carboxylic acids is 3. The first-order valence-corrected chi connectivity index (χ1v) is 11.8. The topological polar surface area (TPSA) is 125 Å². The number of esters is 1. The van der Waals surface area contributed by atoms with Crippen LogP contribution in [0.15, 0.2) is 22.1 Å². The monoisotopic (exact) mass is 485 g/mol. The lowest BCUT2D eigenvalue weighted by atomic mass is 9.97. The number of H-pyrrole nitrogens is 1. The lowest BCUT2D eigenvalue weighted by Crippen LogP contribution is -2.42. The molecule has 2 aliphatic rings. The van der Waals surface area contributed by atoms with Gasteiger partial charge in [0.1, 0.15) is 29.0 Å². The fourth-order valence-corrected chi connectivity index (χ4v) is 4.73. The summed E-state index contributed by atoms with van der Waals surface area (Å²) in [7, 11) is 0. The Balaban J connectivity index is 1.76. The van der Waals surface area contributed by atoms with E-state index in [9.17, 15) is 19.5 Å². The van der Waals surface area contributed by atoms with Gasteiger partial charge in [-0.2, -0.15) is 0 Å². The van der Waals surface area contributed by atoms with Crippen LogP contribution < -0.4 is 0 Å². The Bertz CT molecular complexity index is 1170. The minimum atomic E-state index is -0.885. The van der Waals surface area contributed by atoms with E-state index in [1.165, 1.54) is 4.90 Å². The summed E-state index contributed by atoms with van der Waals surface area (Å²) in [6.45, 7) is 10.6. The molecule has 0 saturated carbocycles. The minimum Gasteiger partial charge on any atom is -0.507 e. The van der Waals surface area contributed by atoms with Crippen LogP contribution in [0.2, 0.25) is 0 Å². The molecule has 10 nitrogen and oxygen atoms in total. The number of amides is 1. The van der Waals surface area contributed by atoms with Crippen molar-refractivity contribution in [3.8, 4) is 0 Å². The number of nitrogens with zero attached hydrogens (tertiary/aromatic N) is 2. The molecule has 2 N–H and O–H groups in total. The highest BCUT2D eigenvalue weighted by Gasteiger charge is 2.48. The number of Topliss-reactive ketones (excluding diaryl/α,β-unsaturated/α-hetero) is 1. The van der Waals surface area contributed by atoms with Gasteiger partial charge < -0.3 is 28.9 Å². The third-order valence-electron chi connectivity index (χ3n) is 6.49. The van der Waals surface area contributed by atoms with E-state index >= 15 is 0 Å². The van der Waals surface area contributed by atoms with Gasteiger partial charge in [0.2, 0.25) is 0 Å². The molecular weight excluding hydrogens is 454 g/mol. The summed E-state index contributed by atoms with van der Waals surface area (Å²) in [4.78, 5) is 45.3. The Morgan fingerprint density at radius 1 is 1.17 bits per heavy atom. The van der Waals surface area contributed by atoms with Gasteiger partial charge in [0.25, 0.3) is 11.7 Å². The number of aromatic nitrogens is 1. The number of aliphatic hydroxyl groups is 1. The molecule has 0 aromatic carbocycles. The number of ether oxygens (including phenoxy) is 2. The van der Waals surface area contributed by atoms with Crippen molar-refractivity contribution < 1.29 is 33.4 Å². The maximum atomic E-state index is 13.3. The van der Waals surface area contributed by atoms with Crippen molar-refractivity contribution in [2.24, 2.45) is 0 Å². The van der Waals surface area contributed by atoms with Crippen molar-refractivity contribution in [1.29, 1.82) is 0 Å². The smallest absolute Gasteiger partial charge is 0.355 e. The van der Waals surface area contributed by atoms with Crippen molar-refractivity contribution in [1.82, 2.24) is 14.8 Å². The van der Waals surface area contributed by atoms with Crippen LogP contribution in [-0.4, -0.2) is 83.5 Å². The predicted octanol–water partition coefficient (Wildman–Crippen LogP) is 2.46. The summed E-state index contributed by atoms with van der Waals surface area (Å²) in [5, 5.41) is 11.4. The number of ketones is 1. The number of nitrogens with one attached hydrogen (secondary N) is 1. The number of morpholine rings is 1. The number of hydrogen-bond acceptors (Lipinski definition) is 8. The van der Waals surface area contributed by atoms with E-state index in [1.54, 1.807) is 39.8 Å². The zero-order valence-corrected chi connectivity index (χ0v) is 20.5. The van der Waals surface area contributed by atoms with Crippen LogP contribution in [0.3, 0.4) is 0 Å². The molecule has 2 aromatic heterocycles. The Kier molecular flexibility index (Phi) is 7.13. The van der Waals surface area contributed by atoms with Gasteiger partial charge in [-0.25, -0.2) is 4.79 Å². The molecule has 2 aromatic rings. The summed E-state index contributed by atoms with van der Waals surface area (Å²) in [6.07, 6.45) is 0. The van der Waals surface area contributed by atoms with Gasteiger partial charge in [-0.1, -0.05) is 0 Å². The first kappa shape index (κ1) is 24.7. The van der Waals surface area contributed by atoms with Crippen molar-refractivity contribution >= 4 is 23.4 Å². The Hall–Kier alpha value is -3.37. The zero-order valence-electron chi connectivity index (χ0n) is 20.5. The molecule has 0 spiro atoms. The van der Waals surface area contributed by atoms with E-state index in [0.717, 1.165) is 13.1 Å². The van der Waals surface area contributed by atoms with E-state index in [4.69, 9.17) is 13.9 Å². The summed E-state index contributed by atoms with van der Waals surface area (Å²) >= 11 is 0. The lowest BCUT2D eigenvalue weighted by Gasteiger charge is -2.30. The standard InChI is InChI=1S/C25H31N3O7/c1-5-34-25(32)20-15(3)18(16(4)26-20)22(29)19-21(17-7-6-14(2)35-17)28(24(31)23(19)30)9-8-27-10-12-33-13-11-27/h6-7,21,26,29H,5,8-13H2,1-4H3. The molecule has 2 fully saturated rings. The van der Waals surface area contributed by atoms with E-state index in [1.807, 2.05) is 0 Å². The van der Waals surface area contributed by atoms with Crippen molar-refractivity contribution in [2.75, 3.05) is 46.0 Å². The molecule has 1 atom stereocenters. The number of hydrogen-bond donors (Lipinski definition) is 2. The summed E-state index contributed by atoms with van der Waals surface area (Å²) in [6, 6.07) is 2.58. The molecule has 35 heavy (non-hydrogen) atoms. The van der Waals surface area contributed by atoms with Gasteiger partial charge in [0, 0.05) is 37.4 Å². The molecule has 188 valence electrons. The normalized spacial score (nSPS) is 20.6. The molecule has 1 unspecified atom stereocenters. The average Bonchev–Trinajstić information content (AvgIpc) is 3.47. The maximum absolute atomic E-state index is 13.3. The predicted molar refractivity (Wildman–Crippen MR) is 126 cm³/mol. The molecule has 0 aliphatic carbocycles. The summed E-state index contributed by atoms with van der Waals surface area (Å²) in [5.74, 6) is -1.38. The highest BCUT2D eigenvalue weighted by molar-refractivity contribution is 6.46. The van der Waals surface area contributed by atoms with Crippen molar-refractivity contribution in [3.63, 3.8) is 0 Å². The average molecular weight is 486 g/mol. The summed E-state index contributed by atoms with van der Waals surface area (Å²) < 4.78 is 16.3. The molecule has 0 radical (unpaired) electrons. The van der Waals surface area contributed by atoms with E-state index < -0.39 is 23.7 Å². The molecule has 4 heterocycles. The largest absolute Gasteiger partial charge is 0.507 e. The van der Waals surface area contributed by atoms with Crippen LogP contribution in [0.25, 0.3) is 5.76 Å². The van der Waals surface area contributed by atoms with E-state index in [2.05, 4.69) is 9.88 Å². The van der Waals surface area contributed by atoms with Gasteiger partial charge in [-0.3, -0.25) is 14.5 Å². The van der Waals surface area contributed by atoms with Gasteiger partial charge in [-0.05, 0) is 45.4 Å². The van der Waals surface area contributed by atoms with Crippen LogP contribution in [0.5, 0.6) is 0 Å². The number of aryl methyl sites for hydroxylation is 2. The first-order valence-electron chi connectivity index (χ1n) is 11.8. The number of aromatic amines is 1. The van der Waals surface area contributed by atoms with Crippen LogP contribution in [0.1, 0.15) is 51.8 Å². The fraction of sp³-hybridized carbons (Fsp3) is 0.480. The van der Waals surface area contributed by atoms with E-state index in [-0.39, 0.29) is 30.2 Å². The highest BCUT2D eigenvalue weighted by Crippen LogP contribution is 2.41. The van der Waals surface area contributed by atoms with Gasteiger partial charge in [0.05, 0.1) is 25.4 Å². The van der Waals surface area contributed by atoms with Crippen LogP contribution in [-0.2, 0) is 19.1 Å². The number of aliphatic hydroxyl groups excluding tert-OH is 1. The first-order chi connectivity index (χ1) is 16.7. The quantitative estimate of drug-likeness (QED) is 0.265. The SMILES string of the molecule is CCOC(=O)c1[nH]c(C)c(C(O)=C2C(=O)C(=O)N(CCN3CCOCC3)C2c2ccc(C)o2)c1C. The Labute approximate surface area is 203 Å². The van der Waals surface area contributed by atoms with Gasteiger partial charge in [-0.15, -0.1) is 0 Å². The number of rotatable bonds is 7. The third kappa shape index (κ3) is 4.63. The minimum absolute atomic E-state index is 0.0630. The van der Waals surface area contributed by atoms with Crippen LogP contribution >= 0.6 is 0 Å². The zero-order chi connectivity index (χ0) is 25.3. The molecule has 2 aliphatic heterocycles. The second-order valence-electron chi connectivity index (χ2n) is 8.74. The second kappa shape index (κ2) is 10.1. The Morgan fingerprint density at radius 2 is 1.89 bits per heavy atom. The lowest BCUT2D eigenvalue weighted by molar-refractivity contribution is -0.140. The molecule has 10 heteroatoms. The third-order valence-corrected chi connectivity index (χ3v) is 6.49.